The summed E-state index contributed by atoms with van der Waals surface area (Å²) in [6, 6.07) is 6.15. The van der Waals surface area contributed by atoms with E-state index in [-0.39, 0.29) is 0 Å². The van der Waals surface area contributed by atoms with Gasteiger partial charge in [0.1, 0.15) is 11.0 Å². The molecule has 0 N–H and O–H groups in total. The third-order valence-corrected chi connectivity index (χ3v) is 3.56. The lowest BCUT2D eigenvalue weighted by molar-refractivity contribution is 0.260. The number of nitrogens with zero attached hydrogens (tertiary/aromatic N) is 5. The fraction of sp³-hybridized carbons (Fsp3) is 0.385. The Morgan fingerprint density at radius 2 is 2.05 bits per heavy atom. The Morgan fingerprint density at radius 3 is 2.85 bits per heavy atom. The molecule has 0 unspecified atom stereocenters. The summed E-state index contributed by atoms with van der Waals surface area (Å²) in [5, 5.41) is 3.90. The van der Waals surface area contributed by atoms with Crippen molar-refractivity contribution in [2.24, 2.45) is 0 Å². The van der Waals surface area contributed by atoms with Crippen LogP contribution in [-0.2, 0) is 19.5 Å². The molecule has 20 heavy (non-hydrogen) atoms. The molecule has 0 aliphatic carbocycles. The van der Waals surface area contributed by atoms with Crippen LogP contribution in [0, 0.1) is 0 Å². The minimum Gasteiger partial charge on any atom is -0.338 e. The summed E-state index contributed by atoms with van der Waals surface area (Å²) in [6.45, 7) is 3.45. The van der Waals surface area contributed by atoms with E-state index in [1.165, 1.54) is 17.3 Å². The standard InChI is InChI=1S/C13H15N5OS/c1-3-12-14-13(19-15-12)8-18(2)7-9-4-5-10-11(6-9)17-20-16-10/h4-6H,3,7-8H2,1-2H3. The molecule has 2 heterocycles. The summed E-state index contributed by atoms with van der Waals surface area (Å²) in [6.07, 6.45) is 0.792. The Bertz CT molecular complexity index is 707. The maximum Gasteiger partial charge on any atom is 0.240 e. The lowest BCUT2D eigenvalue weighted by Crippen LogP contribution is -2.17. The van der Waals surface area contributed by atoms with Crippen LogP contribution < -0.4 is 0 Å². The lowest BCUT2D eigenvalue weighted by atomic mass is 10.2. The first-order valence-corrected chi connectivity index (χ1v) is 7.19. The van der Waals surface area contributed by atoms with Gasteiger partial charge in [0.25, 0.3) is 0 Å². The zero-order chi connectivity index (χ0) is 13.9. The molecule has 104 valence electrons. The zero-order valence-corrected chi connectivity index (χ0v) is 12.2. The average molecular weight is 289 g/mol. The lowest BCUT2D eigenvalue weighted by Gasteiger charge is -2.13. The van der Waals surface area contributed by atoms with Gasteiger partial charge in [-0.1, -0.05) is 18.1 Å². The summed E-state index contributed by atoms with van der Waals surface area (Å²) in [5.41, 5.74) is 3.10. The number of hydrogen-bond acceptors (Lipinski definition) is 7. The Balaban J connectivity index is 1.66. The Kier molecular flexibility index (Phi) is 3.70. The third kappa shape index (κ3) is 2.83. The van der Waals surface area contributed by atoms with Gasteiger partial charge in [0.2, 0.25) is 5.89 Å². The van der Waals surface area contributed by atoms with Gasteiger partial charge in [0.05, 0.1) is 18.3 Å². The Labute approximate surface area is 120 Å². The van der Waals surface area contributed by atoms with Crippen molar-refractivity contribution in [3.63, 3.8) is 0 Å². The molecule has 0 aliphatic heterocycles. The number of aromatic nitrogens is 4. The summed E-state index contributed by atoms with van der Waals surface area (Å²) in [4.78, 5) is 6.44. The van der Waals surface area contributed by atoms with Crippen molar-refractivity contribution in [2.45, 2.75) is 26.4 Å². The molecule has 0 atom stereocenters. The molecule has 3 aromatic rings. The predicted octanol–water partition coefficient (Wildman–Crippen LogP) is 2.27. The van der Waals surface area contributed by atoms with Crippen LogP contribution in [0.4, 0.5) is 0 Å². The van der Waals surface area contributed by atoms with Crippen LogP contribution in [0.1, 0.15) is 24.2 Å². The number of fused-ring (bicyclic) bond motifs is 1. The van der Waals surface area contributed by atoms with E-state index in [4.69, 9.17) is 4.52 Å². The fourth-order valence-corrected chi connectivity index (χ4v) is 2.54. The molecular formula is C13H15N5OS. The van der Waals surface area contributed by atoms with E-state index in [1.807, 2.05) is 20.0 Å². The highest BCUT2D eigenvalue weighted by atomic mass is 32.1. The Hall–Kier alpha value is -1.86. The molecule has 7 heteroatoms. The summed E-state index contributed by atoms with van der Waals surface area (Å²) in [7, 11) is 2.03. The van der Waals surface area contributed by atoms with Crippen molar-refractivity contribution in [3.05, 3.63) is 35.5 Å². The van der Waals surface area contributed by atoms with Crippen LogP contribution in [0.15, 0.2) is 22.7 Å². The normalized spacial score (nSPS) is 11.6. The maximum atomic E-state index is 5.20. The second-order valence-electron chi connectivity index (χ2n) is 4.72. The van der Waals surface area contributed by atoms with Crippen molar-refractivity contribution in [1.29, 1.82) is 0 Å². The van der Waals surface area contributed by atoms with Gasteiger partial charge < -0.3 is 4.52 Å². The molecule has 0 bridgehead atoms. The van der Waals surface area contributed by atoms with Gasteiger partial charge in [-0.05, 0) is 24.7 Å². The first-order valence-electron chi connectivity index (χ1n) is 6.46. The molecule has 2 aromatic heterocycles. The van der Waals surface area contributed by atoms with Crippen molar-refractivity contribution in [3.8, 4) is 0 Å². The van der Waals surface area contributed by atoms with Crippen LogP contribution in [-0.4, -0.2) is 30.8 Å². The molecular weight excluding hydrogens is 274 g/mol. The second kappa shape index (κ2) is 5.64. The number of aryl methyl sites for hydroxylation is 1. The van der Waals surface area contributed by atoms with E-state index in [9.17, 15) is 0 Å². The van der Waals surface area contributed by atoms with Gasteiger partial charge in [-0.15, -0.1) is 0 Å². The molecule has 3 rings (SSSR count). The van der Waals surface area contributed by atoms with Gasteiger partial charge in [-0.3, -0.25) is 4.90 Å². The van der Waals surface area contributed by atoms with Crippen LogP contribution in [0.3, 0.4) is 0 Å². The van der Waals surface area contributed by atoms with Crippen molar-refractivity contribution in [2.75, 3.05) is 7.05 Å². The molecule has 6 nitrogen and oxygen atoms in total. The highest BCUT2D eigenvalue weighted by molar-refractivity contribution is 7.00. The molecule has 0 amide bonds. The third-order valence-electron chi connectivity index (χ3n) is 3.00. The van der Waals surface area contributed by atoms with Crippen LogP contribution in [0.2, 0.25) is 0 Å². The van der Waals surface area contributed by atoms with Crippen molar-refractivity contribution in [1.82, 2.24) is 23.8 Å². The quantitative estimate of drug-likeness (QED) is 0.717. The molecule has 0 spiro atoms. The summed E-state index contributed by atoms with van der Waals surface area (Å²) in [5.74, 6) is 1.41. The van der Waals surface area contributed by atoms with Crippen LogP contribution in [0.25, 0.3) is 11.0 Å². The van der Waals surface area contributed by atoms with E-state index in [0.29, 0.717) is 12.4 Å². The summed E-state index contributed by atoms with van der Waals surface area (Å²) < 4.78 is 13.7. The molecule has 0 saturated carbocycles. The van der Waals surface area contributed by atoms with E-state index in [2.05, 4.69) is 35.9 Å². The highest BCUT2D eigenvalue weighted by Gasteiger charge is 2.09. The SMILES string of the molecule is CCc1noc(CN(C)Cc2ccc3nsnc3c2)n1. The Morgan fingerprint density at radius 1 is 1.20 bits per heavy atom. The van der Waals surface area contributed by atoms with E-state index < -0.39 is 0 Å². The second-order valence-corrected chi connectivity index (χ2v) is 5.25. The number of rotatable bonds is 5. The van der Waals surface area contributed by atoms with Crippen molar-refractivity contribution >= 4 is 22.8 Å². The largest absolute Gasteiger partial charge is 0.338 e. The maximum absolute atomic E-state index is 5.20. The van der Waals surface area contributed by atoms with Crippen LogP contribution >= 0.6 is 11.7 Å². The molecule has 0 saturated heterocycles. The molecule has 0 fully saturated rings. The van der Waals surface area contributed by atoms with Gasteiger partial charge >= 0.3 is 0 Å². The van der Waals surface area contributed by atoms with Gasteiger partial charge in [0.15, 0.2) is 5.82 Å². The van der Waals surface area contributed by atoms with Crippen LogP contribution in [0.5, 0.6) is 0 Å². The van der Waals surface area contributed by atoms with Gasteiger partial charge in [0, 0.05) is 13.0 Å². The smallest absolute Gasteiger partial charge is 0.240 e. The van der Waals surface area contributed by atoms with Crippen molar-refractivity contribution < 1.29 is 4.52 Å². The van der Waals surface area contributed by atoms with E-state index >= 15 is 0 Å². The first kappa shape index (κ1) is 13.1. The predicted molar refractivity (Wildman–Crippen MR) is 76.3 cm³/mol. The molecule has 1 aromatic carbocycles. The fourth-order valence-electron chi connectivity index (χ4n) is 2.02. The highest BCUT2D eigenvalue weighted by Crippen LogP contribution is 2.15. The summed E-state index contributed by atoms with van der Waals surface area (Å²) >= 11 is 1.24. The van der Waals surface area contributed by atoms with Gasteiger partial charge in [-0.2, -0.15) is 13.7 Å². The van der Waals surface area contributed by atoms with E-state index in [0.717, 1.165) is 29.8 Å². The minimum atomic E-state index is 0.639. The topological polar surface area (TPSA) is 67.9 Å². The number of hydrogen-bond donors (Lipinski definition) is 0. The average Bonchev–Trinajstić information content (AvgIpc) is 3.06. The van der Waals surface area contributed by atoms with E-state index in [1.54, 1.807) is 0 Å². The first-order chi connectivity index (χ1) is 9.74. The minimum absolute atomic E-state index is 0.639. The monoisotopic (exact) mass is 289 g/mol. The molecule has 0 aliphatic rings. The van der Waals surface area contributed by atoms with Gasteiger partial charge in [-0.25, -0.2) is 0 Å². The zero-order valence-electron chi connectivity index (χ0n) is 11.4. The molecule has 0 radical (unpaired) electrons. The number of benzene rings is 1.